The monoisotopic (exact) mass is 260 g/mol. The van der Waals surface area contributed by atoms with Crippen molar-refractivity contribution in [1.82, 2.24) is 0 Å². The average molecular weight is 260 g/mol. The van der Waals surface area contributed by atoms with E-state index in [1.165, 1.54) is 5.56 Å². The summed E-state index contributed by atoms with van der Waals surface area (Å²) in [5, 5.41) is 0. The maximum atomic E-state index is 2.47. The summed E-state index contributed by atoms with van der Waals surface area (Å²) in [5.74, 6) is 0.664. The second-order valence-corrected chi connectivity index (χ2v) is 4.84. The lowest BCUT2D eigenvalue weighted by Gasteiger charge is -2.13. The lowest BCUT2D eigenvalue weighted by atomic mass is 9.99. The van der Waals surface area contributed by atoms with E-state index in [1.807, 2.05) is 0 Å². The molecule has 1 rings (SSSR count). The molecule has 2 atom stereocenters. The molecule has 1 aromatic carbocycles. The number of rotatable bonds is 2. The highest BCUT2D eigenvalue weighted by molar-refractivity contribution is 14.1. The summed E-state index contributed by atoms with van der Waals surface area (Å²) in [6.45, 7) is 4.52. The highest BCUT2D eigenvalue weighted by atomic mass is 127. The zero-order valence-corrected chi connectivity index (χ0v) is 9.08. The predicted molar refractivity (Wildman–Crippen MR) is 58.3 cm³/mol. The molecule has 0 fully saturated rings. The molecule has 0 saturated carbocycles. The number of alkyl halides is 1. The van der Waals surface area contributed by atoms with Crippen LogP contribution in [0, 0.1) is 0 Å². The number of halogens is 1. The predicted octanol–water partition coefficient (Wildman–Crippen LogP) is 3.61. The Morgan fingerprint density at radius 3 is 2.09 bits per heavy atom. The van der Waals surface area contributed by atoms with E-state index in [0.717, 1.165) is 0 Å². The van der Waals surface area contributed by atoms with E-state index < -0.39 is 0 Å². The molecule has 60 valence electrons. The lowest BCUT2D eigenvalue weighted by Crippen LogP contribution is -2.03. The summed E-state index contributed by atoms with van der Waals surface area (Å²) in [6.07, 6.45) is 0. The van der Waals surface area contributed by atoms with Crippen molar-refractivity contribution in [2.24, 2.45) is 0 Å². The Balaban J connectivity index is 2.77. The van der Waals surface area contributed by atoms with Crippen molar-refractivity contribution in [3.8, 4) is 0 Å². The van der Waals surface area contributed by atoms with Crippen LogP contribution in [0.1, 0.15) is 25.3 Å². The largest absolute Gasteiger partial charge is 0.0823 e. The van der Waals surface area contributed by atoms with E-state index in [2.05, 4.69) is 66.8 Å². The molecule has 0 radical (unpaired) electrons. The van der Waals surface area contributed by atoms with Crippen molar-refractivity contribution < 1.29 is 0 Å². The average Bonchev–Trinajstić information content (AvgIpc) is 2.05. The third-order valence-corrected chi connectivity index (χ3v) is 3.09. The standard InChI is InChI=1S/C10H13I/c1-8(9(2)11)10-6-4-3-5-7-10/h3-9H,1-2H3. The Bertz CT molecular complexity index is 203. The van der Waals surface area contributed by atoms with Crippen LogP contribution in [-0.2, 0) is 0 Å². The van der Waals surface area contributed by atoms with Gasteiger partial charge in [0.25, 0.3) is 0 Å². The van der Waals surface area contributed by atoms with Crippen LogP contribution < -0.4 is 0 Å². The molecule has 0 saturated heterocycles. The first-order chi connectivity index (χ1) is 5.22. The molecule has 0 spiro atoms. The van der Waals surface area contributed by atoms with Crippen LogP contribution in [0.25, 0.3) is 0 Å². The van der Waals surface area contributed by atoms with Gasteiger partial charge in [-0.25, -0.2) is 0 Å². The van der Waals surface area contributed by atoms with Gasteiger partial charge in [0.1, 0.15) is 0 Å². The van der Waals surface area contributed by atoms with Crippen LogP contribution in [-0.4, -0.2) is 3.92 Å². The molecule has 0 aliphatic carbocycles. The molecule has 2 unspecified atom stereocenters. The second kappa shape index (κ2) is 4.10. The van der Waals surface area contributed by atoms with E-state index in [0.29, 0.717) is 9.84 Å². The van der Waals surface area contributed by atoms with Gasteiger partial charge in [-0.1, -0.05) is 66.8 Å². The summed E-state index contributed by atoms with van der Waals surface area (Å²) in [7, 11) is 0. The summed E-state index contributed by atoms with van der Waals surface area (Å²) in [5.41, 5.74) is 1.44. The Morgan fingerprint density at radius 1 is 1.09 bits per heavy atom. The summed E-state index contributed by atoms with van der Waals surface area (Å²) in [6, 6.07) is 10.7. The fourth-order valence-electron chi connectivity index (χ4n) is 1.02. The second-order valence-electron chi connectivity index (χ2n) is 2.88. The summed E-state index contributed by atoms with van der Waals surface area (Å²) < 4.78 is 0.704. The third-order valence-electron chi connectivity index (χ3n) is 2.01. The van der Waals surface area contributed by atoms with E-state index in [4.69, 9.17) is 0 Å². The maximum Gasteiger partial charge on any atom is 0.0147 e. The van der Waals surface area contributed by atoms with Gasteiger partial charge in [0.2, 0.25) is 0 Å². The first kappa shape index (κ1) is 9.04. The van der Waals surface area contributed by atoms with Gasteiger partial charge in [-0.3, -0.25) is 0 Å². The van der Waals surface area contributed by atoms with Crippen LogP contribution in [0.2, 0.25) is 0 Å². The van der Waals surface area contributed by atoms with Gasteiger partial charge < -0.3 is 0 Å². The van der Waals surface area contributed by atoms with Gasteiger partial charge in [0.05, 0.1) is 0 Å². The highest BCUT2D eigenvalue weighted by Gasteiger charge is 2.09. The number of benzene rings is 1. The molecule has 0 amide bonds. The van der Waals surface area contributed by atoms with Gasteiger partial charge in [-0.2, -0.15) is 0 Å². The first-order valence-corrected chi connectivity index (χ1v) is 5.15. The van der Waals surface area contributed by atoms with Crippen LogP contribution >= 0.6 is 22.6 Å². The normalized spacial score (nSPS) is 15.9. The van der Waals surface area contributed by atoms with Crippen LogP contribution in [0.15, 0.2) is 30.3 Å². The molecular formula is C10H13I. The van der Waals surface area contributed by atoms with E-state index in [-0.39, 0.29) is 0 Å². The Labute approximate surface area is 82.2 Å². The minimum absolute atomic E-state index is 0.664. The zero-order chi connectivity index (χ0) is 8.27. The summed E-state index contributed by atoms with van der Waals surface area (Å²) >= 11 is 2.47. The van der Waals surface area contributed by atoms with Gasteiger partial charge in [-0.05, 0) is 11.5 Å². The van der Waals surface area contributed by atoms with Crippen molar-refractivity contribution in [3.05, 3.63) is 35.9 Å². The fraction of sp³-hybridized carbons (Fsp3) is 0.400. The smallest absolute Gasteiger partial charge is 0.0147 e. The first-order valence-electron chi connectivity index (χ1n) is 3.91. The fourth-order valence-corrected chi connectivity index (χ4v) is 1.44. The molecule has 1 aromatic rings. The minimum atomic E-state index is 0.664. The van der Waals surface area contributed by atoms with Crippen molar-refractivity contribution in [2.75, 3.05) is 0 Å². The topological polar surface area (TPSA) is 0 Å². The summed E-state index contributed by atoms with van der Waals surface area (Å²) in [4.78, 5) is 0. The molecule has 0 aliphatic heterocycles. The number of hydrogen-bond donors (Lipinski definition) is 0. The molecule has 11 heavy (non-hydrogen) atoms. The molecule has 1 heteroatoms. The molecule has 0 nitrogen and oxygen atoms in total. The van der Waals surface area contributed by atoms with Crippen molar-refractivity contribution in [2.45, 2.75) is 23.7 Å². The Hall–Kier alpha value is -0.0500. The van der Waals surface area contributed by atoms with E-state index in [1.54, 1.807) is 0 Å². The highest BCUT2D eigenvalue weighted by Crippen LogP contribution is 2.23. The minimum Gasteiger partial charge on any atom is -0.0823 e. The SMILES string of the molecule is CC(I)C(C)c1ccccc1. The zero-order valence-electron chi connectivity index (χ0n) is 6.92. The van der Waals surface area contributed by atoms with Gasteiger partial charge >= 0.3 is 0 Å². The van der Waals surface area contributed by atoms with Crippen molar-refractivity contribution in [3.63, 3.8) is 0 Å². The van der Waals surface area contributed by atoms with Crippen molar-refractivity contribution >= 4 is 22.6 Å². The van der Waals surface area contributed by atoms with Gasteiger partial charge in [0, 0.05) is 3.92 Å². The number of hydrogen-bond acceptors (Lipinski definition) is 0. The molecule has 0 aliphatic rings. The van der Waals surface area contributed by atoms with Crippen molar-refractivity contribution in [1.29, 1.82) is 0 Å². The molecule has 0 aromatic heterocycles. The van der Waals surface area contributed by atoms with Crippen LogP contribution in [0.5, 0.6) is 0 Å². The third kappa shape index (κ3) is 2.47. The Morgan fingerprint density at radius 2 is 1.64 bits per heavy atom. The quantitative estimate of drug-likeness (QED) is 0.562. The van der Waals surface area contributed by atoms with Crippen LogP contribution in [0.4, 0.5) is 0 Å². The van der Waals surface area contributed by atoms with E-state index >= 15 is 0 Å². The molecule has 0 bridgehead atoms. The Kier molecular flexibility index (Phi) is 3.37. The molecule has 0 heterocycles. The molecular weight excluding hydrogens is 247 g/mol. The molecule has 0 N–H and O–H groups in total. The van der Waals surface area contributed by atoms with E-state index in [9.17, 15) is 0 Å². The van der Waals surface area contributed by atoms with Gasteiger partial charge in [0.15, 0.2) is 0 Å². The lowest BCUT2D eigenvalue weighted by molar-refractivity contribution is 0.773. The van der Waals surface area contributed by atoms with Crippen LogP contribution in [0.3, 0.4) is 0 Å². The van der Waals surface area contributed by atoms with Gasteiger partial charge in [-0.15, -0.1) is 0 Å². The maximum absolute atomic E-state index is 2.47.